The van der Waals surface area contributed by atoms with Crippen LogP contribution in [-0.4, -0.2) is 42.3 Å². The van der Waals surface area contributed by atoms with Gasteiger partial charge in [-0.05, 0) is 33.6 Å². The maximum atomic E-state index is 12.2. The van der Waals surface area contributed by atoms with Gasteiger partial charge in [0, 0.05) is 31.1 Å². The third-order valence-electron chi connectivity index (χ3n) is 4.06. The summed E-state index contributed by atoms with van der Waals surface area (Å²) in [5, 5.41) is 3.58. The average molecular weight is 254 g/mol. The topological polar surface area (TPSA) is 41.6 Å². The highest BCUT2D eigenvalue weighted by atomic mass is 16.6. The molecule has 1 aliphatic heterocycles. The van der Waals surface area contributed by atoms with Crippen LogP contribution in [0.1, 0.15) is 47.0 Å². The highest BCUT2D eigenvalue weighted by Gasteiger charge is 2.42. The van der Waals surface area contributed by atoms with Gasteiger partial charge in [-0.2, -0.15) is 0 Å². The van der Waals surface area contributed by atoms with Gasteiger partial charge in [-0.3, -0.25) is 0 Å². The molecule has 0 spiro atoms. The van der Waals surface area contributed by atoms with Gasteiger partial charge in [0.15, 0.2) is 0 Å². The van der Waals surface area contributed by atoms with Gasteiger partial charge in [0.25, 0.3) is 0 Å². The van der Waals surface area contributed by atoms with Crippen LogP contribution in [0.3, 0.4) is 0 Å². The summed E-state index contributed by atoms with van der Waals surface area (Å²) in [5.74, 6) is 0. The molecule has 0 bridgehead atoms. The highest BCUT2D eigenvalue weighted by molar-refractivity contribution is 5.68. The van der Waals surface area contributed by atoms with E-state index in [1.165, 1.54) is 19.3 Å². The van der Waals surface area contributed by atoms with E-state index in [1.807, 2.05) is 25.7 Å². The van der Waals surface area contributed by atoms with Crippen molar-refractivity contribution in [3.63, 3.8) is 0 Å². The summed E-state index contributed by atoms with van der Waals surface area (Å²) in [6.45, 7) is 10.5. The lowest BCUT2D eigenvalue weighted by Gasteiger charge is -2.34. The molecule has 0 aromatic rings. The number of carbonyl (C=O) groups is 1. The number of nitrogens with one attached hydrogen (secondary N) is 1. The summed E-state index contributed by atoms with van der Waals surface area (Å²) < 4.78 is 5.49. The molecule has 1 amide bonds. The van der Waals surface area contributed by atoms with Gasteiger partial charge >= 0.3 is 6.09 Å². The van der Waals surface area contributed by atoms with Gasteiger partial charge in [0.2, 0.25) is 0 Å². The summed E-state index contributed by atoms with van der Waals surface area (Å²) in [6, 6.07) is 0.560. The Morgan fingerprint density at radius 3 is 2.83 bits per heavy atom. The third kappa shape index (κ3) is 2.97. The lowest BCUT2D eigenvalue weighted by atomic mass is 9.84. The van der Waals surface area contributed by atoms with E-state index < -0.39 is 5.60 Å². The molecule has 0 aromatic carbocycles. The zero-order valence-electron chi connectivity index (χ0n) is 12.1. The largest absolute Gasteiger partial charge is 0.444 e. The fourth-order valence-electron chi connectivity index (χ4n) is 3.14. The van der Waals surface area contributed by atoms with Gasteiger partial charge in [-0.15, -0.1) is 0 Å². The molecule has 4 nitrogen and oxygen atoms in total. The number of hydrogen-bond acceptors (Lipinski definition) is 3. The molecular weight excluding hydrogens is 228 g/mol. The number of carbonyl (C=O) groups excluding carboxylic acids is 1. The molecule has 2 aliphatic rings. The standard InChI is InChI=1S/C14H26N2O2/c1-13(2,3)18-12(17)16-9-8-15-11-6-5-7-14(11,4)10-16/h11,15H,5-10H2,1-4H3/t11-,14+/m1/s1. The van der Waals surface area contributed by atoms with Crippen LogP contribution in [0, 0.1) is 5.41 Å². The second-order valence-corrected chi connectivity index (χ2v) is 6.95. The number of rotatable bonds is 0. The van der Waals surface area contributed by atoms with Crippen molar-refractivity contribution in [2.75, 3.05) is 19.6 Å². The summed E-state index contributed by atoms with van der Waals surface area (Å²) in [5.41, 5.74) is -0.194. The fraction of sp³-hybridized carbons (Fsp3) is 0.929. The molecule has 0 aromatic heterocycles. The second-order valence-electron chi connectivity index (χ2n) is 6.95. The second kappa shape index (κ2) is 4.72. The van der Waals surface area contributed by atoms with E-state index in [2.05, 4.69) is 12.2 Å². The molecule has 0 unspecified atom stereocenters. The van der Waals surface area contributed by atoms with Crippen LogP contribution in [0.15, 0.2) is 0 Å². The van der Waals surface area contributed by atoms with Crippen LogP contribution >= 0.6 is 0 Å². The van der Waals surface area contributed by atoms with Gasteiger partial charge in [0.1, 0.15) is 5.60 Å². The van der Waals surface area contributed by atoms with E-state index in [9.17, 15) is 4.79 Å². The lowest BCUT2D eigenvalue weighted by molar-refractivity contribution is 0.0195. The van der Waals surface area contributed by atoms with Crippen molar-refractivity contribution in [3.8, 4) is 0 Å². The van der Waals surface area contributed by atoms with E-state index >= 15 is 0 Å². The van der Waals surface area contributed by atoms with Crippen LogP contribution < -0.4 is 5.32 Å². The summed E-state index contributed by atoms with van der Waals surface area (Å²) in [4.78, 5) is 14.1. The maximum absolute atomic E-state index is 12.2. The van der Waals surface area contributed by atoms with E-state index in [4.69, 9.17) is 4.74 Å². The molecule has 1 N–H and O–H groups in total. The number of amides is 1. The van der Waals surface area contributed by atoms with Crippen LogP contribution in [0.2, 0.25) is 0 Å². The third-order valence-corrected chi connectivity index (χ3v) is 4.06. The van der Waals surface area contributed by atoms with Crippen molar-refractivity contribution in [3.05, 3.63) is 0 Å². The molecular formula is C14H26N2O2. The van der Waals surface area contributed by atoms with E-state index in [0.29, 0.717) is 6.04 Å². The van der Waals surface area contributed by atoms with Crippen molar-refractivity contribution in [1.82, 2.24) is 10.2 Å². The number of fused-ring (bicyclic) bond motifs is 1. The Hall–Kier alpha value is -0.770. The molecule has 2 fully saturated rings. The lowest BCUT2D eigenvalue weighted by Crippen LogP contribution is -2.44. The number of hydrogen-bond donors (Lipinski definition) is 1. The Morgan fingerprint density at radius 1 is 1.44 bits per heavy atom. The Kier molecular flexibility index (Phi) is 3.58. The van der Waals surface area contributed by atoms with Crippen molar-refractivity contribution in [1.29, 1.82) is 0 Å². The minimum absolute atomic E-state index is 0.168. The molecule has 0 radical (unpaired) electrons. The highest BCUT2D eigenvalue weighted by Crippen LogP contribution is 2.39. The molecule has 4 heteroatoms. The molecule has 104 valence electrons. The van der Waals surface area contributed by atoms with Crippen molar-refractivity contribution in [2.45, 2.75) is 58.6 Å². The molecule has 2 rings (SSSR count). The minimum Gasteiger partial charge on any atom is -0.444 e. The monoisotopic (exact) mass is 254 g/mol. The van der Waals surface area contributed by atoms with Gasteiger partial charge in [-0.1, -0.05) is 13.3 Å². The van der Waals surface area contributed by atoms with E-state index in [-0.39, 0.29) is 11.5 Å². The number of nitrogens with zero attached hydrogens (tertiary/aromatic N) is 1. The van der Waals surface area contributed by atoms with Gasteiger partial charge in [-0.25, -0.2) is 4.79 Å². The van der Waals surface area contributed by atoms with Crippen molar-refractivity contribution >= 4 is 6.09 Å². The first-order chi connectivity index (χ1) is 8.30. The first kappa shape index (κ1) is 13.7. The van der Waals surface area contributed by atoms with Crippen molar-refractivity contribution < 1.29 is 9.53 Å². The predicted molar refractivity (Wildman–Crippen MR) is 71.6 cm³/mol. The Labute approximate surface area is 110 Å². The Balaban J connectivity index is 2.03. The molecule has 1 heterocycles. The van der Waals surface area contributed by atoms with Crippen LogP contribution in [0.25, 0.3) is 0 Å². The average Bonchev–Trinajstić information content (AvgIpc) is 2.48. The van der Waals surface area contributed by atoms with E-state index in [1.54, 1.807) is 0 Å². The summed E-state index contributed by atoms with van der Waals surface area (Å²) in [7, 11) is 0. The molecule has 18 heavy (non-hydrogen) atoms. The first-order valence-electron chi connectivity index (χ1n) is 7.01. The van der Waals surface area contributed by atoms with Gasteiger partial charge in [0.05, 0.1) is 0 Å². The fourth-order valence-corrected chi connectivity index (χ4v) is 3.14. The quantitative estimate of drug-likeness (QED) is 0.721. The Bertz CT molecular complexity index is 324. The smallest absolute Gasteiger partial charge is 0.410 e. The van der Waals surface area contributed by atoms with Crippen LogP contribution in [0.5, 0.6) is 0 Å². The minimum atomic E-state index is -0.410. The molecule has 1 saturated carbocycles. The van der Waals surface area contributed by atoms with Crippen LogP contribution in [0.4, 0.5) is 4.79 Å². The zero-order valence-corrected chi connectivity index (χ0v) is 12.1. The predicted octanol–water partition coefficient (Wildman–Crippen LogP) is 2.39. The molecule has 1 aliphatic carbocycles. The summed E-state index contributed by atoms with van der Waals surface area (Å²) in [6.07, 6.45) is 3.52. The first-order valence-corrected chi connectivity index (χ1v) is 7.01. The normalized spacial score (nSPS) is 32.9. The SMILES string of the molecule is CC(C)(C)OC(=O)N1CCN[C@@H]2CCC[C@@]2(C)C1. The molecule has 1 saturated heterocycles. The van der Waals surface area contributed by atoms with E-state index in [0.717, 1.165) is 19.6 Å². The van der Waals surface area contributed by atoms with Crippen molar-refractivity contribution in [2.24, 2.45) is 5.41 Å². The number of ether oxygens (including phenoxy) is 1. The zero-order chi connectivity index (χ0) is 13.4. The van der Waals surface area contributed by atoms with Crippen LogP contribution in [-0.2, 0) is 4.74 Å². The van der Waals surface area contributed by atoms with Gasteiger partial charge < -0.3 is 15.0 Å². The Morgan fingerprint density at radius 2 is 2.17 bits per heavy atom. The molecule has 2 atom stereocenters. The summed E-state index contributed by atoms with van der Waals surface area (Å²) >= 11 is 0. The maximum Gasteiger partial charge on any atom is 0.410 e.